The van der Waals surface area contributed by atoms with Crippen molar-refractivity contribution in [2.75, 3.05) is 13.2 Å². The number of ether oxygens (including phenoxy) is 2. The predicted molar refractivity (Wildman–Crippen MR) is 262 cm³/mol. The van der Waals surface area contributed by atoms with Crippen LogP contribution in [0.15, 0.2) is 84.9 Å². The van der Waals surface area contributed by atoms with Crippen molar-refractivity contribution in [2.45, 2.75) is 162 Å². The molecule has 2 fully saturated rings. The molecular formula is C55H72B2O6. The van der Waals surface area contributed by atoms with E-state index in [-0.39, 0.29) is 0 Å². The summed E-state index contributed by atoms with van der Waals surface area (Å²) < 4.78 is 40.3. The molecule has 2 saturated heterocycles. The quantitative estimate of drug-likeness (QED) is 0.0634. The summed E-state index contributed by atoms with van der Waals surface area (Å²) in [5.41, 5.74) is 4.06. The third-order valence-corrected chi connectivity index (χ3v) is 15.6. The minimum atomic E-state index is -0.739. The monoisotopic (exact) mass is 851 g/mol. The molecule has 0 N–H and O–H groups in total. The van der Waals surface area contributed by atoms with Crippen LogP contribution in [-0.4, -0.2) is 49.9 Å². The Bertz CT molecular complexity index is 2200. The molecule has 63 heavy (non-hydrogen) atoms. The Balaban J connectivity index is 1.33. The van der Waals surface area contributed by atoms with E-state index in [0.29, 0.717) is 11.8 Å². The van der Waals surface area contributed by atoms with E-state index in [1.165, 1.54) is 60.4 Å². The summed E-state index contributed by atoms with van der Waals surface area (Å²) in [7, 11) is -1.06. The third kappa shape index (κ3) is 8.25. The maximum atomic E-state index is 6.79. The molecule has 2 atom stereocenters. The number of hydrogen-bond acceptors (Lipinski definition) is 6. The van der Waals surface area contributed by atoms with Gasteiger partial charge in [0.05, 0.1) is 41.0 Å². The molecule has 0 aromatic heterocycles. The van der Waals surface area contributed by atoms with Gasteiger partial charge < -0.3 is 28.1 Å². The average Bonchev–Trinajstić information content (AvgIpc) is 3.78. The van der Waals surface area contributed by atoms with Gasteiger partial charge in [-0.2, -0.15) is 0 Å². The molecule has 3 aliphatic rings. The molecule has 0 saturated carbocycles. The van der Waals surface area contributed by atoms with Crippen molar-refractivity contribution >= 4 is 46.7 Å². The van der Waals surface area contributed by atoms with Crippen LogP contribution in [0.2, 0.25) is 0 Å². The molecule has 334 valence electrons. The number of rotatable bonds is 18. The van der Waals surface area contributed by atoms with Crippen molar-refractivity contribution in [1.82, 2.24) is 0 Å². The van der Waals surface area contributed by atoms with Gasteiger partial charge in [0.1, 0.15) is 11.5 Å². The van der Waals surface area contributed by atoms with Crippen LogP contribution >= 0.6 is 0 Å². The lowest BCUT2D eigenvalue weighted by Gasteiger charge is -2.35. The van der Waals surface area contributed by atoms with Gasteiger partial charge in [-0.3, -0.25) is 0 Å². The first-order chi connectivity index (χ1) is 30.0. The molecule has 2 heterocycles. The van der Waals surface area contributed by atoms with E-state index in [9.17, 15) is 0 Å². The lowest BCUT2D eigenvalue weighted by molar-refractivity contribution is 0.00578. The smallest absolute Gasteiger partial charge is 0.493 e. The summed E-state index contributed by atoms with van der Waals surface area (Å²) in [4.78, 5) is 0. The van der Waals surface area contributed by atoms with Gasteiger partial charge in [0.25, 0.3) is 0 Å². The number of hydrogen-bond donors (Lipinski definition) is 0. The van der Waals surface area contributed by atoms with Crippen molar-refractivity contribution in [1.29, 1.82) is 0 Å². The van der Waals surface area contributed by atoms with Gasteiger partial charge in [0, 0.05) is 0 Å². The maximum absolute atomic E-state index is 6.79. The van der Waals surface area contributed by atoms with Gasteiger partial charge in [-0.1, -0.05) is 127 Å². The molecule has 0 spiro atoms. The molecule has 1 aliphatic carbocycles. The summed E-state index contributed by atoms with van der Waals surface area (Å²) in [6.45, 7) is 27.5. The van der Waals surface area contributed by atoms with Crippen molar-refractivity contribution in [3.63, 3.8) is 0 Å². The van der Waals surface area contributed by atoms with Crippen molar-refractivity contribution in [3.05, 3.63) is 107 Å². The lowest BCUT2D eigenvalue weighted by Crippen LogP contribution is -2.41. The van der Waals surface area contributed by atoms with Gasteiger partial charge in [-0.05, 0) is 159 Å². The van der Waals surface area contributed by atoms with E-state index in [1.807, 2.05) is 0 Å². The fraction of sp³-hybridized carbons (Fsp3) is 0.527. The second-order valence-electron chi connectivity index (χ2n) is 20.8. The number of unbranched alkanes of at least 4 members (excludes halogenated alkanes) is 2. The Morgan fingerprint density at radius 1 is 0.476 bits per heavy atom. The second kappa shape index (κ2) is 17.5. The van der Waals surface area contributed by atoms with E-state index in [4.69, 9.17) is 28.1 Å². The van der Waals surface area contributed by atoms with Crippen LogP contribution < -0.4 is 20.4 Å². The van der Waals surface area contributed by atoms with Gasteiger partial charge >= 0.3 is 14.2 Å². The minimum absolute atomic E-state index is 0.485. The van der Waals surface area contributed by atoms with Crippen LogP contribution in [0, 0.1) is 11.8 Å². The molecule has 8 rings (SSSR count). The first-order valence-electron chi connectivity index (χ1n) is 24.2. The average molecular weight is 851 g/mol. The number of benzene rings is 5. The molecular weight excluding hydrogens is 778 g/mol. The molecule has 8 heteroatoms. The zero-order chi connectivity index (χ0) is 45.0. The highest BCUT2D eigenvalue weighted by molar-refractivity contribution is 6.63. The van der Waals surface area contributed by atoms with E-state index >= 15 is 0 Å². The molecule has 2 aliphatic heterocycles. The largest absolute Gasteiger partial charge is 0.494 e. The summed E-state index contributed by atoms with van der Waals surface area (Å²) in [6, 6.07) is 31.7. The highest BCUT2D eigenvalue weighted by atomic mass is 16.7. The van der Waals surface area contributed by atoms with Crippen molar-refractivity contribution < 1.29 is 28.1 Å². The normalized spacial score (nSPS) is 19.9. The highest BCUT2D eigenvalue weighted by Gasteiger charge is 2.55. The minimum Gasteiger partial charge on any atom is -0.493 e. The molecule has 5 aromatic rings. The lowest BCUT2D eigenvalue weighted by atomic mass is 9.64. The predicted octanol–water partition coefficient (Wildman–Crippen LogP) is 12.5. The molecule has 5 aromatic carbocycles. The van der Waals surface area contributed by atoms with E-state index in [2.05, 4.69) is 168 Å². The second-order valence-corrected chi connectivity index (χ2v) is 20.8. The van der Waals surface area contributed by atoms with E-state index in [0.717, 1.165) is 70.4 Å². The first-order valence-corrected chi connectivity index (χ1v) is 24.2. The van der Waals surface area contributed by atoms with Crippen LogP contribution in [0.1, 0.15) is 157 Å². The van der Waals surface area contributed by atoms with Crippen LogP contribution in [0.5, 0.6) is 11.5 Å². The Morgan fingerprint density at radius 3 is 1.14 bits per heavy atom. The Hall–Kier alpha value is -3.81. The standard InChI is InChI=1S/C55H72B2O6/c1-13-17-19-37(15-3)35-58-45-27-23-41(24-28-45)55(42-25-29-46(30-26-42)59-36-38(16-4)20-18-14-2)47-33-43(56-60-51(5,6)52(7,8)61-56)31-39-21-22-40-32-44(34-48(55)50(40)49(39)47)57-62-53(9,10)54(11,12)63-57/h21-34,37-38H,13-20,35-36H2,1-12H3. The molecule has 0 bridgehead atoms. The SMILES string of the molecule is CCCCC(CC)COc1ccc(C2(c3ccc(OCC(CC)CCCC)cc3)c3cc(B4OC(C)(C)C(C)(C)O4)cc4ccc5cc(B6OC(C)(C)C(C)(C)O6)cc2c5c34)cc1. The van der Waals surface area contributed by atoms with E-state index in [1.54, 1.807) is 0 Å². The van der Waals surface area contributed by atoms with Crippen LogP contribution in [0.4, 0.5) is 0 Å². The molecule has 2 unspecified atom stereocenters. The topological polar surface area (TPSA) is 55.4 Å². The molecule has 0 radical (unpaired) electrons. The Morgan fingerprint density at radius 2 is 0.825 bits per heavy atom. The summed E-state index contributed by atoms with van der Waals surface area (Å²) in [5.74, 6) is 2.86. The zero-order valence-electron chi connectivity index (χ0n) is 40.4. The van der Waals surface area contributed by atoms with Crippen LogP contribution in [-0.2, 0) is 24.0 Å². The molecule has 0 amide bonds. The van der Waals surface area contributed by atoms with Gasteiger partial charge in [-0.25, -0.2) is 0 Å². The van der Waals surface area contributed by atoms with Crippen LogP contribution in [0.3, 0.4) is 0 Å². The highest BCUT2D eigenvalue weighted by Crippen LogP contribution is 2.56. The van der Waals surface area contributed by atoms with E-state index < -0.39 is 42.1 Å². The third-order valence-electron chi connectivity index (χ3n) is 15.6. The van der Waals surface area contributed by atoms with Gasteiger partial charge in [0.15, 0.2) is 0 Å². The fourth-order valence-electron chi connectivity index (χ4n) is 9.96. The summed E-state index contributed by atoms with van der Waals surface area (Å²) >= 11 is 0. The van der Waals surface area contributed by atoms with Gasteiger partial charge in [-0.15, -0.1) is 0 Å². The van der Waals surface area contributed by atoms with Crippen molar-refractivity contribution in [2.24, 2.45) is 11.8 Å². The Labute approximate surface area is 379 Å². The zero-order valence-corrected chi connectivity index (χ0v) is 40.4. The summed E-state index contributed by atoms with van der Waals surface area (Å²) in [5, 5.41) is 4.80. The van der Waals surface area contributed by atoms with Gasteiger partial charge in [0.2, 0.25) is 0 Å². The fourth-order valence-corrected chi connectivity index (χ4v) is 9.96. The first kappa shape index (κ1) is 45.7. The molecule has 6 nitrogen and oxygen atoms in total. The maximum Gasteiger partial charge on any atom is 0.494 e. The van der Waals surface area contributed by atoms with Crippen molar-refractivity contribution in [3.8, 4) is 11.5 Å². The summed E-state index contributed by atoms with van der Waals surface area (Å²) in [6.07, 6.45) is 9.46. The Kier molecular flexibility index (Phi) is 12.7. The van der Waals surface area contributed by atoms with Crippen LogP contribution in [0.25, 0.3) is 21.5 Å².